The van der Waals surface area contributed by atoms with E-state index >= 15 is 0 Å². The predicted octanol–water partition coefficient (Wildman–Crippen LogP) is 3.29. The maximum atomic E-state index is 12.8. The van der Waals surface area contributed by atoms with Gasteiger partial charge in [-0.3, -0.25) is 14.0 Å². The highest BCUT2D eigenvalue weighted by Crippen LogP contribution is 2.17. The van der Waals surface area contributed by atoms with Gasteiger partial charge in [0.05, 0.1) is 17.8 Å². The van der Waals surface area contributed by atoms with Crippen molar-refractivity contribution < 1.29 is 0 Å². The Morgan fingerprint density at radius 2 is 2.09 bits per heavy atom. The van der Waals surface area contributed by atoms with Crippen LogP contribution < -0.4 is 5.56 Å². The van der Waals surface area contributed by atoms with Gasteiger partial charge >= 0.3 is 0 Å². The molecule has 3 rings (SSSR count). The summed E-state index contributed by atoms with van der Waals surface area (Å²) in [5.41, 5.74) is 2.71. The number of aromatic amines is 1. The summed E-state index contributed by atoms with van der Waals surface area (Å²) in [4.78, 5) is 15.9. The van der Waals surface area contributed by atoms with Crippen molar-refractivity contribution in [2.24, 2.45) is 0 Å². The smallest absolute Gasteiger partial charge is 0.280 e. The zero-order valence-corrected chi connectivity index (χ0v) is 13.8. The molecule has 0 amide bonds. The molecule has 22 heavy (non-hydrogen) atoms. The second-order valence-corrected chi connectivity index (χ2v) is 5.83. The largest absolute Gasteiger partial charge is 0.329 e. The van der Waals surface area contributed by atoms with Crippen LogP contribution >= 0.6 is 23.8 Å². The minimum atomic E-state index is -0.152. The second kappa shape index (κ2) is 5.70. The second-order valence-electron chi connectivity index (χ2n) is 5.04. The Hall–Kier alpha value is -1.92. The molecule has 1 aromatic carbocycles. The Morgan fingerprint density at radius 1 is 1.36 bits per heavy atom. The molecule has 114 valence electrons. The number of aromatic nitrogens is 4. The zero-order valence-electron chi connectivity index (χ0n) is 12.3. The quantitative estimate of drug-likeness (QED) is 0.748. The zero-order chi connectivity index (χ0) is 15.9. The molecule has 0 bridgehead atoms. The average molecular weight is 335 g/mol. The van der Waals surface area contributed by atoms with Gasteiger partial charge in [0.15, 0.2) is 10.3 Å². The summed E-state index contributed by atoms with van der Waals surface area (Å²) in [5.74, 6) is 0. The molecule has 1 N–H and O–H groups in total. The molecule has 0 spiro atoms. The summed E-state index contributed by atoms with van der Waals surface area (Å²) in [7, 11) is 0. The highest BCUT2D eigenvalue weighted by molar-refractivity contribution is 7.71. The molecule has 5 nitrogen and oxygen atoms in total. The van der Waals surface area contributed by atoms with Crippen molar-refractivity contribution >= 4 is 34.9 Å². The van der Waals surface area contributed by atoms with Gasteiger partial charge in [-0.15, -0.1) is 0 Å². The van der Waals surface area contributed by atoms with Gasteiger partial charge in [-0.05, 0) is 37.7 Å². The van der Waals surface area contributed by atoms with Gasteiger partial charge < -0.3 is 4.98 Å². The Balaban J connectivity index is 2.25. The topological polar surface area (TPSA) is 55.6 Å². The summed E-state index contributed by atoms with van der Waals surface area (Å²) in [6.07, 6.45) is 0. The molecular weight excluding hydrogens is 320 g/mol. The highest BCUT2D eigenvalue weighted by atomic mass is 35.5. The lowest BCUT2D eigenvalue weighted by molar-refractivity contribution is 0.662. The number of nitrogens with one attached hydrogen (secondary N) is 1. The van der Waals surface area contributed by atoms with Crippen molar-refractivity contribution in [3.05, 3.63) is 55.7 Å². The third-order valence-electron chi connectivity index (χ3n) is 3.64. The van der Waals surface area contributed by atoms with E-state index in [1.54, 1.807) is 10.7 Å². The molecule has 0 aliphatic rings. The lowest BCUT2D eigenvalue weighted by Crippen LogP contribution is -2.24. The normalized spacial score (nSPS) is 11.2. The van der Waals surface area contributed by atoms with Gasteiger partial charge in [0.1, 0.15) is 0 Å². The van der Waals surface area contributed by atoms with Gasteiger partial charge in [-0.25, -0.2) is 0 Å². The fourth-order valence-corrected chi connectivity index (χ4v) is 2.96. The Kier molecular flexibility index (Phi) is 3.88. The van der Waals surface area contributed by atoms with Crippen LogP contribution in [0.4, 0.5) is 0 Å². The standard InChI is InChI=1S/C15H15ClN4OS/c1-3-20-13-12(9(2)18-20)17-15(22)19(14(13)21)8-10-6-4-5-7-11(10)16/h4-7H,3,8H2,1-2H3,(H,17,22). The lowest BCUT2D eigenvalue weighted by atomic mass is 10.2. The number of fused-ring (bicyclic) bond motifs is 1. The number of hydrogen-bond acceptors (Lipinski definition) is 3. The molecule has 0 saturated heterocycles. The number of benzene rings is 1. The Labute approximate surface area is 137 Å². The number of nitrogens with zero attached hydrogens (tertiary/aromatic N) is 3. The van der Waals surface area contributed by atoms with Crippen molar-refractivity contribution in [1.82, 2.24) is 19.3 Å². The minimum Gasteiger partial charge on any atom is -0.329 e. The first-order valence-electron chi connectivity index (χ1n) is 6.96. The van der Waals surface area contributed by atoms with Crippen LogP contribution in [0, 0.1) is 11.7 Å². The summed E-state index contributed by atoms with van der Waals surface area (Å²) in [6, 6.07) is 7.43. The van der Waals surface area contributed by atoms with E-state index < -0.39 is 0 Å². The van der Waals surface area contributed by atoms with Crippen LogP contribution in [0.15, 0.2) is 29.1 Å². The molecule has 0 radical (unpaired) electrons. The predicted molar refractivity (Wildman–Crippen MR) is 90.1 cm³/mol. The van der Waals surface area contributed by atoms with E-state index in [0.717, 1.165) is 11.3 Å². The first kappa shape index (κ1) is 15.0. The Bertz CT molecular complexity index is 970. The van der Waals surface area contributed by atoms with Gasteiger partial charge in [0.2, 0.25) is 0 Å². The number of H-pyrrole nitrogens is 1. The summed E-state index contributed by atoms with van der Waals surface area (Å²) >= 11 is 11.5. The van der Waals surface area contributed by atoms with E-state index in [1.807, 2.05) is 32.0 Å². The molecule has 0 atom stereocenters. The van der Waals surface area contributed by atoms with E-state index in [4.69, 9.17) is 23.8 Å². The molecule has 3 aromatic rings. The van der Waals surface area contributed by atoms with Crippen molar-refractivity contribution in [3.8, 4) is 0 Å². The molecule has 2 aromatic heterocycles. The van der Waals surface area contributed by atoms with E-state index in [9.17, 15) is 4.79 Å². The fraction of sp³-hybridized carbons (Fsp3) is 0.267. The van der Waals surface area contributed by atoms with Crippen LogP contribution in [0.1, 0.15) is 18.2 Å². The van der Waals surface area contributed by atoms with Crippen molar-refractivity contribution in [1.29, 1.82) is 0 Å². The van der Waals surface area contributed by atoms with E-state index in [2.05, 4.69) is 10.1 Å². The maximum Gasteiger partial charge on any atom is 0.280 e. The van der Waals surface area contributed by atoms with E-state index in [-0.39, 0.29) is 5.56 Å². The number of aryl methyl sites for hydroxylation is 2. The highest BCUT2D eigenvalue weighted by Gasteiger charge is 2.14. The van der Waals surface area contributed by atoms with E-state index in [0.29, 0.717) is 33.9 Å². The van der Waals surface area contributed by atoms with Crippen LogP contribution in [0.25, 0.3) is 11.0 Å². The molecule has 0 aliphatic carbocycles. The van der Waals surface area contributed by atoms with Crippen LogP contribution in [0.3, 0.4) is 0 Å². The van der Waals surface area contributed by atoms with Crippen LogP contribution in [-0.2, 0) is 13.1 Å². The first-order chi connectivity index (χ1) is 10.5. The maximum absolute atomic E-state index is 12.8. The SMILES string of the molecule is CCn1nc(C)c2[nH]c(=S)n(Cc3ccccc3Cl)c(=O)c21. The summed E-state index contributed by atoms with van der Waals surface area (Å²) in [6.45, 7) is 4.76. The molecule has 7 heteroatoms. The third-order valence-corrected chi connectivity index (χ3v) is 4.33. The third kappa shape index (κ3) is 2.38. The first-order valence-corrected chi connectivity index (χ1v) is 7.75. The van der Waals surface area contributed by atoms with Crippen molar-refractivity contribution in [2.75, 3.05) is 0 Å². The molecule has 2 heterocycles. The minimum absolute atomic E-state index is 0.152. The molecule has 0 saturated carbocycles. The molecular formula is C15H15ClN4OS. The summed E-state index contributed by atoms with van der Waals surface area (Å²) in [5, 5.41) is 4.99. The number of halogens is 1. The summed E-state index contributed by atoms with van der Waals surface area (Å²) < 4.78 is 3.59. The van der Waals surface area contributed by atoms with E-state index in [1.165, 1.54) is 4.57 Å². The van der Waals surface area contributed by atoms with Gasteiger partial charge in [0.25, 0.3) is 5.56 Å². The van der Waals surface area contributed by atoms with Gasteiger partial charge in [-0.1, -0.05) is 29.8 Å². The van der Waals surface area contributed by atoms with Gasteiger partial charge in [0, 0.05) is 11.6 Å². The molecule has 0 aliphatic heterocycles. The molecule has 0 unspecified atom stereocenters. The molecule has 0 fully saturated rings. The average Bonchev–Trinajstić information content (AvgIpc) is 2.81. The van der Waals surface area contributed by atoms with Crippen LogP contribution in [0.2, 0.25) is 5.02 Å². The lowest BCUT2D eigenvalue weighted by Gasteiger charge is -2.09. The number of hydrogen-bond donors (Lipinski definition) is 1. The monoisotopic (exact) mass is 334 g/mol. The fourth-order valence-electron chi connectivity index (χ4n) is 2.51. The van der Waals surface area contributed by atoms with Crippen LogP contribution in [-0.4, -0.2) is 19.3 Å². The van der Waals surface area contributed by atoms with Crippen molar-refractivity contribution in [3.63, 3.8) is 0 Å². The van der Waals surface area contributed by atoms with Crippen molar-refractivity contribution in [2.45, 2.75) is 26.9 Å². The number of rotatable bonds is 3. The Morgan fingerprint density at radius 3 is 2.77 bits per heavy atom. The van der Waals surface area contributed by atoms with Gasteiger partial charge in [-0.2, -0.15) is 5.10 Å². The van der Waals surface area contributed by atoms with Crippen LogP contribution in [0.5, 0.6) is 0 Å².